The van der Waals surface area contributed by atoms with Crippen LogP contribution in [0.5, 0.6) is 0 Å². The average Bonchev–Trinajstić information content (AvgIpc) is 2.66. The third-order valence-electron chi connectivity index (χ3n) is 4.20. The first-order valence-corrected chi connectivity index (χ1v) is 8.48. The molecule has 2 rings (SSSR count). The fourth-order valence-electron chi connectivity index (χ4n) is 2.71. The molecule has 2 aliphatic rings. The lowest BCUT2D eigenvalue weighted by molar-refractivity contribution is -0.142. The van der Waals surface area contributed by atoms with Crippen LogP contribution < -0.4 is 0 Å². The number of hydrogen-bond acceptors (Lipinski definition) is 5. The summed E-state index contributed by atoms with van der Waals surface area (Å²) in [6.45, 7) is 3.22. The average molecular weight is 290 g/mol. The molecule has 110 valence electrons. The summed E-state index contributed by atoms with van der Waals surface area (Å²) in [4.78, 5) is 15.5. The van der Waals surface area contributed by atoms with Crippen LogP contribution in [0.25, 0.3) is 0 Å². The van der Waals surface area contributed by atoms with Crippen LogP contribution in [0.3, 0.4) is 0 Å². The Morgan fingerprint density at radius 2 is 2.11 bits per heavy atom. The third kappa shape index (κ3) is 3.27. The SMILES string of the molecule is CCC1(O)CN(CC(=O)N(C)C2CCS(=O)(=O)C2)C1. The summed E-state index contributed by atoms with van der Waals surface area (Å²) in [5.74, 6) is 0.183. The molecule has 0 spiro atoms. The van der Waals surface area contributed by atoms with E-state index in [9.17, 15) is 18.3 Å². The lowest BCUT2D eigenvalue weighted by Gasteiger charge is -2.46. The summed E-state index contributed by atoms with van der Waals surface area (Å²) in [5.41, 5.74) is -0.643. The first-order valence-electron chi connectivity index (χ1n) is 6.65. The molecule has 1 unspecified atom stereocenters. The number of likely N-dealkylation sites (tertiary alicyclic amines) is 1. The van der Waals surface area contributed by atoms with E-state index in [4.69, 9.17) is 0 Å². The second-order valence-electron chi connectivity index (χ2n) is 5.78. The van der Waals surface area contributed by atoms with Gasteiger partial charge in [0.25, 0.3) is 0 Å². The van der Waals surface area contributed by atoms with E-state index in [1.54, 1.807) is 11.9 Å². The number of β-amino-alcohol motifs (C(OH)–C–C–N with tert-alkyl or cyclic N) is 1. The topological polar surface area (TPSA) is 77.9 Å². The number of rotatable bonds is 4. The van der Waals surface area contributed by atoms with Gasteiger partial charge in [-0.15, -0.1) is 0 Å². The van der Waals surface area contributed by atoms with Gasteiger partial charge in [0, 0.05) is 26.2 Å². The molecule has 1 atom stereocenters. The van der Waals surface area contributed by atoms with Gasteiger partial charge in [0.2, 0.25) is 5.91 Å². The molecule has 2 heterocycles. The number of sulfone groups is 1. The van der Waals surface area contributed by atoms with Crippen molar-refractivity contribution in [3.05, 3.63) is 0 Å². The van der Waals surface area contributed by atoms with Crippen molar-refractivity contribution < 1.29 is 18.3 Å². The Kier molecular flexibility index (Phi) is 3.90. The monoisotopic (exact) mass is 290 g/mol. The first kappa shape index (κ1) is 14.7. The number of nitrogens with zero attached hydrogens (tertiary/aromatic N) is 2. The van der Waals surface area contributed by atoms with E-state index in [1.165, 1.54) is 0 Å². The van der Waals surface area contributed by atoms with Gasteiger partial charge >= 0.3 is 0 Å². The summed E-state index contributed by atoms with van der Waals surface area (Å²) in [7, 11) is -1.30. The molecule has 1 N–H and O–H groups in total. The quantitative estimate of drug-likeness (QED) is 0.725. The highest BCUT2D eigenvalue weighted by molar-refractivity contribution is 7.91. The molecule has 0 aromatic heterocycles. The van der Waals surface area contributed by atoms with Crippen molar-refractivity contribution >= 4 is 15.7 Å². The Hall–Kier alpha value is -0.660. The second-order valence-corrected chi connectivity index (χ2v) is 8.01. The highest BCUT2D eigenvalue weighted by atomic mass is 32.2. The van der Waals surface area contributed by atoms with Crippen molar-refractivity contribution in [2.24, 2.45) is 0 Å². The number of hydrogen-bond donors (Lipinski definition) is 1. The van der Waals surface area contributed by atoms with Crippen LogP contribution in [-0.2, 0) is 14.6 Å². The summed E-state index contributed by atoms with van der Waals surface area (Å²) < 4.78 is 22.8. The second kappa shape index (κ2) is 5.03. The van der Waals surface area contributed by atoms with Crippen LogP contribution in [0, 0.1) is 0 Å². The molecule has 6 nitrogen and oxygen atoms in total. The largest absolute Gasteiger partial charge is 0.387 e. The van der Waals surface area contributed by atoms with E-state index < -0.39 is 15.4 Å². The summed E-state index contributed by atoms with van der Waals surface area (Å²) in [6, 6.07) is -0.191. The highest BCUT2D eigenvalue weighted by Crippen LogP contribution is 2.24. The number of carbonyl (C=O) groups excluding carboxylic acids is 1. The van der Waals surface area contributed by atoms with Gasteiger partial charge in [-0.2, -0.15) is 0 Å². The maximum absolute atomic E-state index is 12.1. The Morgan fingerprint density at radius 1 is 1.47 bits per heavy atom. The third-order valence-corrected chi connectivity index (χ3v) is 5.95. The molecule has 19 heavy (non-hydrogen) atoms. The number of carbonyl (C=O) groups is 1. The van der Waals surface area contributed by atoms with Crippen molar-refractivity contribution in [1.82, 2.24) is 9.80 Å². The van der Waals surface area contributed by atoms with E-state index in [1.807, 2.05) is 11.8 Å². The standard InChI is InChI=1S/C12H22N2O4S/c1-3-12(16)8-14(9-12)6-11(15)13(2)10-4-5-19(17,18)7-10/h10,16H,3-9H2,1-2H3. The predicted molar refractivity (Wildman–Crippen MR) is 71.5 cm³/mol. The molecule has 0 saturated carbocycles. The van der Waals surface area contributed by atoms with E-state index in [-0.39, 0.29) is 30.0 Å². The highest BCUT2D eigenvalue weighted by Gasteiger charge is 2.41. The fraction of sp³-hybridized carbons (Fsp3) is 0.917. The summed E-state index contributed by atoms with van der Waals surface area (Å²) >= 11 is 0. The smallest absolute Gasteiger partial charge is 0.236 e. The van der Waals surface area contributed by atoms with Gasteiger partial charge < -0.3 is 10.0 Å². The van der Waals surface area contributed by atoms with Crippen LogP contribution in [0.4, 0.5) is 0 Å². The van der Waals surface area contributed by atoms with Gasteiger partial charge in [0.15, 0.2) is 9.84 Å². The van der Waals surface area contributed by atoms with Gasteiger partial charge in [-0.25, -0.2) is 8.42 Å². The minimum atomic E-state index is -2.96. The molecule has 0 radical (unpaired) electrons. The van der Waals surface area contributed by atoms with Gasteiger partial charge in [-0.1, -0.05) is 6.92 Å². The van der Waals surface area contributed by atoms with E-state index in [0.29, 0.717) is 25.9 Å². The number of likely N-dealkylation sites (N-methyl/N-ethyl adjacent to an activating group) is 1. The lowest BCUT2D eigenvalue weighted by atomic mass is 9.91. The zero-order chi connectivity index (χ0) is 14.3. The maximum Gasteiger partial charge on any atom is 0.236 e. The molecule has 0 aliphatic carbocycles. The molecule has 2 fully saturated rings. The minimum absolute atomic E-state index is 0.0692. The first-order chi connectivity index (χ1) is 8.75. The Labute approximate surface area is 114 Å². The fourth-order valence-corrected chi connectivity index (χ4v) is 4.48. The van der Waals surface area contributed by atoms with Crippen molar-refractivity contribution in [3.8, 4) is 0 Å². The maximum atomic E-state index is 12.1. The van der Waals surface area contributed by atoms with Crippen LogP contribution in [0.2, 0.25) is 0 Å². The van der Waals surface area contributed by atoms with Gasteiger partial charge in [0.1, 0.15) is 0 Å². The van der Waals surface area contributed by atoms with Crippen molar-refractivity contribution in [2.75, 3.05) is 38.2 Å². The van der Waals surface area contributed by atoms with E-state index in [0.717, 1.165) is 0 Å². The zero-order valence-corrected chi connectivity index (χ0v) is 12.3. The zero-order valence-electron chi connectivity index (χ0n) is 11.5. The molecule has 2 aliphatic heterocycles. The van der Waals surface area contributed by atoms with E-state index in [2.05, 4.69) is 0 Å². The van der Waals surface area contributed by atoms with Crippen LogP contribution in [0.15, 0.2) is 0 Å². The lowest BCUT2D eigenvalue weighted by Crippen LogP contribution is -2.63. The van der Waals surface area contributed by atoms with Crippen LogP contribution in [0.1, 0.15) is 19.8 Å². The van der Waals surface area contributed by atoms with Gasteiger partial charge in [0.05, 0.1) is 23.7 Å². The Balaban J connectivity index is 1.81. The Morgan fingerprint density at radius 3 is 2.58 bits per heavy atom. The summed E-state index contributed by atoms with van der Waals surface area (Å²) in [6.07, 6.45) is 1.22. The molecule has 0 bridgehead atoms. The molecule has 2 saturated heterocycles. The van der Waals surface area contributed by atoms with Crippen molar-refractivity contribution in [3.63, 3.8) is 0 Å². The number of aliphatic hydroxyl groups is 1. The normalized spacial score (nSPS) is 28.9. The minimum Gasteiger partial charge on any atom is -0.387 e. The molecule has 1 amide bonds. The number of amides is 1. The van der Waals surface area contributed by atoms with Crippen LogP contribution >= 0.6 is 0 Å². The predicted octanol–water partition coefficient (Wildman–Crippen LogP) is -0.911. The molecule has 0 aromatic carbocycles. The Bertz CT molecular complexity index is 456. The van der Waals surface area contributed by atoms with E-state index >= 15 is 0 Å². The van der Waals surface area contributed by atoms with Crippen molar-refractivity contribution in [2.45, 2.75) is 31.4 Å². The van der Waals surface area contributed by atoms with Gasteiger partial charge in [-0.3, -0.25) is 9.69 Å². The van der Waals surface area contributed by atoms with Gasteiger partial charge in [-0.05, 0) is 12.8 Å². The molecule has 0 aromatic rings. The van der Waals surface area contributed by atoms with Crippen molar-refractivity contribution in [1.29, 1.82) is 0 Å². The molecular formula is C12H22N2O4S. The molecule has 7 heteroatoms. The van der Waals surface area contributed by atoms with Crippen LogP contribution in [-0.4, -0.2) is 79.1 Å². The molecular weight excluding hydrogens is 268 g/mol. The summed E-state index contributed by atoms with van der Waals surface area (Å²) in [5, 5.41) is 9.87.